The van der Waals surface area contributed by atoms with E-state index in [4.69, 9.17) is 5.73 Å². The van der Waals surface area contributed by atoms with Crippen LogP contribution in [0.3, 0.4) is 0 Å². The molecule has 0 rings (SSSR count). The average Bonchev–Trinajstić information content (AvgIpc) is 2.60. The van der Waals surface area contributed by atoms with Crippen molar-refractivity contribution in [3.05, 3.63) is 0 Å². The number of carboxylic acid groups (broad SMARTS) is 1. The van der Waals surface area contributed by atoms with Crippen molar-refractivity contribution in [2.24, 2.45) is 11.7 Å². The number of carbonyl (C=O) groups excluding carboxylic acids is 3. The number of rotatable bonds is 13. The lowest BCUT2D eigenvalue weighted by Gasteiger charge is -2.26. The van der Waals surface area contributed by atoms with E-state index in [1.165, 1.54) is 25.6 Å². The molecule has 7 N–H and O–H groups in total. The number of aliphatic hydroxyl groups excluding tert-OH is 1. The number of hydrogen-bond donors (Lipinski definition) is 6. The van der Waals surface area contributed by atoms with Gasteiger partial charge in [-0.25, -0.2) is 4.79 Å². The monoisotopic (exact) mass is 434 g/mol. The van der Waals surface area contributed by atoms with Crippen LogP contribution in [-0.4, -0.2) is 76.2 Å². The van der Waals surface area contributed by atoms with Crippen molar-refractivity contribution in [1.82, 2.24) is 16.0 Å². The summed E-state index contributed by atoms with van der Waals surface area (Å²) in [6, 6.07) is -4.28. The molecular formula is C18H34N4O6S. The molecule has 11 heteroatoms. The first-order valence-corrected chi connectivity index (χ1v) is 10.9. The molecule has 0 bridgehead atoms. The number of carbonyl (C=O) groups is 4. The molecule has 0 heterocycles. The van der Waals surface area contributed by atoms with E-state index >= 15 is 0 Å². The van der Waals surface area contributed by atoms with Gasteiger partial charge in [0.1, 0.15) is 18.1 Å². The third kappa shape index (κ3) is 10.5. The Morgan fingerprint density at radius 1 is 0.931 bits per heavy atom. The largest absolute Gasteiger partial charge is 0.480 e. The first-order chi connectivity index (χ1) is 13.4. The molecule has 0 radical (unpaired) electrons. The highest BCUT2D eigenvalue weighted by Gasteiger charge is 2.32. The number of aliphatic carboxylic acids is 1. The second-order valence-corrected chi connectivity index (χ2v) is 8.37. The summed E-state index contributed by atoms with van der Waals surface area (Å²) in [7, 11) is 0. The van der Waals surface area contributed by atoms with Gasteiger partial charge in [-0.15, -0.1) is 0 Å². The summed E-state index contributed by atoms with van der Waals surface area (Å²) < 4.78 is 0. The van der Waals surface area contributed by atoms with Crippen LogP contribution in [-0.2, 0) is 19.2 Å². The van der Waals surface area contributed by atoms with Crippen molar-refractivity contribution in [2.45, 2.75) is 70.8 Å². The zero-order valence-corrected chi connectivity index (χ0v) is 18.4. The van der Waals surface area contributed by atoms with Crippen molar-refractivity contribution >= 4 is 35.5 Å². The summed E-state index contributed by atoms with van der Waals surface area (Å²) in [5.74, 6) is -2.62. The van der Waals surface area contributed by atoms with Crippen molar-refractivity contribution in [3.8, 4) is 0 Å². The highest BCUT2D eigenvalue weighted by molar-refractivity contribution is 7.98. The van der Waals surface area contributed by atoms with Gasteiger partial charge in [0.25, 0.3) is 0 Å². The van der Waals surface area contributed by atoms with Crippen LogP contribution >= 0.6 is 11.8 Å². The van der Waals surface area contributed by atoms with E-state index in [0.717, 1.165) is 0 Å². The van der Waals surface area contributed by atoms with Crippen molar-refractivity contribution in [3.63, 3.8) is 0 Å². The molecule has 3 amide bonds. The van der Waals surface area contributed by atoms with E-state index in [0.29, 0.717) is 12.2 Å². The van der Waals surface area contributed by atoms with E-state index in [2.05, 4.69) is 16.0 Å². The average molecular weight is 435 g/mol. The van der Waals surface area contributed by atoms with Gasteiger partial charge in [-0.1, -0.05) is 13.8 Å². The van der Waals surface area contributed by atoms with Crippen LogP contribution in [0.4, 0.5) is 0 Å². The molecule has 0 saturated carbocycles. The van der Waals surface area contributed by atoms with Gasteiger partial charge in [-0.05, 0) is 44.6 Å². The Hall–Kier alpha value is -1.85. The summed E-state index contributed by atoms with van der Waals surface area (Å²) in [6.45, 7) is 6.41. The maximum Gasteiger partial charge on any atom is 0.326 e. The summed E-state index contributed by atoms with van der Waals surface area (Å²) in [4.78, 5) is 48.4. The number of nitrogens with one attached hydrogen (secondary N) is 3. The molecule has 0 fully saturated rings. The van der Waals surface area contributed by atoms with E-state index in [1.54, 1.807) is 0 Å². The minimum absolute atomic E-state index is 0.0142. The maximum absolute atomic E-state index is 12.6. The Bertz CT molecular complexity index is 571. The molecular weight excluding hydrogens is 400 g/mol. The quantitative estimate of drug-likeness (QED) is 0.215. The van der Waals surface area contributed by atoms with Crippen LogP contribution in [0.15, 0.2) is 0 Å². The highest BCUT2D eigenvalue weighted by Crippen LogP contribution is 2.07. The van der Waals surface area contributed by atoms with Crippen LogP contribution in [0.2, 0.25) is 0 Å². The van der Waals surface area contributed by atoms with Gasteiger partial charge in [-0.3, -0.25) is 14.4 Å². The molecule has 29 heavy (non-hydrogen) atoms. The topological polar surface area (TPSA) is 171 Å². The Labute approximate surface area is 175 Å². The lowest BCUT2D eigenvalue weighted by molar-refractivity contribution is -0.143. The van der Waals surface area contributed by atoms with Gasteiger partial charge in [0.05, 0.1) is 12.1 Å². The van der Waals surface area contributed by atoms with Gasteiger partial charge in [0.15, 0.2) is 0 Å². The van der Waals surface area contributed by atoms with Gasteiger partial charge < -0.3 is 31.9 Å². The molecule has 0 spiro atoms. The maximum atomic E-state index is 12.6. The van der Waals surface area contributed by atoms with Crippen LogP contribution < -0.4 is 21.7 Å². The van der Waals surface area contributed by atoms with Gasteiger partial charge in [-0.2, -0.15) is 11.8 Å². The zero-order chi connectivity index (χ0) is 22.7. The minimum atomic E-state index is -1.37. The van der Waals surface area contributed by atoms with Crippen LogP contribution in [0, 0.1) is 5.92 Å². The number of aliphatic hydroxyl groups is 1. The zero-order valence-electron chi connectivity index (χ0n) is 17.6. The Balaban J connectivity index is 5.29. The molecule has 0 saturated heterocycles. The third-order valence-electron chi connectivity index (χ3n) is 4.04. The normalized spacial score (nSPS) is 16.3. The summed E-state index contributed by atoms with van der Waals surface area (Å²) in [5.41, 5.74) is 5.52. The van der Waals surface area contributed by atoms with Gasteiger partial charge in [0.2, 0.25) is 17.7 Å². The lowest BCUT2D eigenvalue weighted by Crippen LogP contribution is -2.59. The molecule has 5 atom stereocenters. The Morgan fingerprint density at radius 2 is 1.48 bits per heavy atom. The smallest absolute Gasteiger partial charge is 0.326 e. The number of carboxylic acids is 1. The van der Waals surface area contributed by atoms with Crippen LogP contribution in [0.1, 0.15) is 40.5 Å². The van der Waals surface area contributed by atoms with Gasteiger partial charge >= 0.3 is 5.97 Å². The fourth-order valence-electron chi connectivity index (χ4n) is 2.42. The number of hydrogen-bond acceptors (Lipinski definition) is 7. The number of nitrogens with two attached hydrogens (primary N) is 1. The molecule has 5 unspecified atom stereocenters. The lowest BCUT2D eigenvalue weighted by atomic mass is 10.0. The highest BCUT2D eigenvalue weighted by atomic mass is 32.2. The molecule has 168 valence electrons. The molecule has 0 aromatic rings. The first kappa shape index (κ1) is 27.1. The van der Waals surface area contributed by atoms with Gasteiger partial charge in [0, 0.05) is 0 Å². The number of amides is 3. The predicted molar refractivity (Wildman–Crippen MR) is 111 cm³/mol. The fraction of sp³-hybridized carbons (Fsp3) is 0.778. The van der Waals surface area contributed by atoms with Crippen LogP contribution in [0.5, 0.6) is 0 Å². The van der Waals surface area contributed by atoms with Crippen molar-refractivity contribution < 1.29 is 29.4 Å². The Morgan fingerprint density at radius 3 is 1.90 bits per heavy atom. The van der Waals surface area contributed by atoms with Crippen LogP contribution in [0.25, 0.3) is 0 Å². The second-order valence-electron chi connectivity index (χ2n) is 7.39. The summed E-state index contributed by atoms with van der Waals surface area (Å²) in [6.07, 6.45) is 1.06. The van der Waals surface area contributed by atoms with Crippen molar-refractivity contribution in [1.29, 1.82) is 0 Å². The fourth-order valence-corrected chi connectivity index (χ4v) is 2.89. The standard InChI is InChI=1S/C18H34N4O6S/c1-9(2)8-13(18(27)28)21-17(26)14(11(4)23)22-16(25)12(6-7-29-5)20-15(24)10(3)19/h9-14,23H,6-8,19H2,1-5H3,(H,20,24)(H,21,26)(H,22,25)(H,27,28). The third-order valence-corrected chi connectivity index (χ3v) is 4.69. The summed E-state index contributed by atoms with van der Waals surface area (Å²) in [5, 5.41) is 26.5. The molecule has 10 nitrogen and oxygen atoms in total. The van der Waals surface area contributed by atoms with E-state index in [1.807, 2.05) is 20.1 Å². The van der Waals surface area contributed by atoms with Crippen molar-refractivity contribution in [2.75, 3.05) is 12.0 Å². The minimum Gasteiger partial charge on any atom is -0.480 e. The molecule has 0 aliphatic carbocycles. The predicted octanol–water partition coefficient (Wildman–Crippen LogP) is -0.947. The van der Waals surface area contributed by atoms with E-state index in [-0.39, 0.29) is 12.3 Å². The molecule has 0 aromatic heterocycles. The molecule has 0 aliphatic rings. The molecule has 0 aliphatic heterocycles. The molecule has 0 aromatic carbocycles. The Kier molecular flexibility index (Phi) is 12.5. The van der Waals surface area contributed by atoms with E-state index < -0.39 is 54.0 Å². The SMILES string of the molecule is CSCCC(NC(=O)C(C)N)C(=O)NC(C(=O)NC(CC(C)C)C(=O)O)C(C)O. The second kappa shape index (κ2) is 13.4. The number of thioether (sulfide) groups is 1. The first-order valence-electron chi connectivity index (χ1n) is 9.47. The van der Waals surface area contributed by atoms with E-state index in [9.17, 15) is 29.4 Å². The summed E-state index contributed by atoms with van der Waals surface area (Å²) >= 11 is 1.48.